The summed E-state index contributed by atoms with van der Waals surface area (Å²) in [4.78, 5) is 37.2. The lowest BCUT2D eigenvalue weighted by atomic mass is 9.94. The SMILES string of the molecule is COc1ccc(CC(NC=O)C(=O)NC(Cc2ccc(CN)cc2)C(=O)C2(C)CO2)cc1. The third kappa shape index (κ3) is 5.93. The van der Waals surface area contributed by atoms with Crippen LogP contribution in [0.3, 0.4) is 0 Å². The first-order valence-electron chi connectivity index (χ1n) is 10.5. The molecule has 0 aromatic heterocycles. The summed E-state index contributed by atoms with van der Waals surface area (Å²) in [7, 11) is 1.57. The monoisotopic (exact) mass is 439 g/mol. The van der Waals surface area contributed by atoms with E-state index in [0.717, 1.165) is 16.7 Å². The molecule has 8 heteroatoms. The van der Waals surface area contributed by atoms with Crippen molar-refractivity contribution in [2.24, 2.45) is 5.73 Å². The zero-order valence-electron chi connectivity index (χ0n) is 18.3. The standard InChI is InChI=1S/C24H29N3O5/c1-24(14-32-24)22(29)20(11-16-3-5-18(13-25)6-4-16)27-23(30)21(26-15-28)12-17-7-9-19(31-2)10-8-17/h3-10,15,20-21H,11-14,25H2,1-2H3,(H,26,28)(H,27,30). The average Bonchev–Trinajstić information content (AvgIpc) is 3.57. The lowest BCUT2D eigenvalue weighted by Crippen LogP contribution is -2.53. The predicted octanol–water partition coefficient (Wildman–Crippen LogP) is 0.897. The Hall–Kier alpha value is -3.23. The molecule has 1 saturated heterocycles. The molecule has 8 nitrogen and oxygen atoms in total. The van der Waals surface area contributed by atoms with Gasteiger partial charge in [0.25, 0.3) is 0 Å². The van der Waals surface area contributed by atoms with Crippen LogP contribution in [0.2, 0.25) is 0 Å². The van der Waals surface area contributed by atoms with Crippen LogP contribution in [0.15, 0.2) is 48.5 Å². The van der Waals surface area contributed by atoms with Crippen molar-refractivity contribution in [1.29, 1.82) is 0 Å². The smallest absolute Gasteiger partial charge is 0.243 e. The second kappa shape index (κ2) is 10.4. The second-order valence-electron chi connectivity index (χ2n) is 8.06. The summed E-state index contributed by atoms with van der Waals surface area (Å²) in [6.07, 6.45) is 1.07. The number of hydrogen-bond donors (Lipinski definition) is 3. The number of epoxide rings is 1. The van der Waals surface area contributed by atoms with E-state index < -0.39 is 23.6 Å². The fraction of sp³-hybridized carbons (Fsp3) is 0.375. The highest BCUT2D eigenvalue weighted by Crippen LogP contribution is 2.29. The highest BCUT2D eigenvalue weighted by atomic mass is 16.6. The van der Waals surface area contributed by atoms with Crippen LogP contribution in [-0.4, -0.2) is 49.5 Å². The molecule has 2 amide bonds. The number of hydrogen-bond acceptors (Lipinski definition) is 6. The summed E-state index contributed by atoms with van der Waals surface area (Å²) in [5, 5.41) is 5.39. The van der Waals surface area contributed by atoms with Crippen LogP contribution in [0.1, 0.15) is 23.6 Å². The Kier molecular flexibility index (Phi) is 7.61. The van der Waals surface area contributed by atoms with Crippen molar-refractivity contribution >= 4 is 18.1 Å². The molecule has 1 heterocycles. The summed E-state index contributed by atoms with van der Waals surface area (Å²) in [5.41, 5.74) is 7.48. The van der Waals surface area contributed by atoms with E-state index in [1.54, 1.807) is 26.2 Å². The van der Waals surface area contributed by atoms with E-state index in [2.05, 4.69) is 10.6 Å². The number of ether oxygens (including phenoxy) is 2. The second-order valence-corrected chi connectivity index (χ2v) is 8.06. The minimum Gasteiger partial charge on any atom is -0.497 e. The fourth-order valence-electron chi connectivity index (χ4n) is 3.45. The first-order chi connectivity index (χ1) is 15.4. The Morgan fingerprint density at radius 3 is 2.09 bits per heavy atom. The zero-order valence-corrected chi connectivity index (χ0v) is 18.3. The van der Waals surface area contributed by atoms with Gasteiger partial charge in [-0.15, -0.1) is 0 Å². The largest absolute Gasteiger partial charge is 0.497 e. The summed E-state index contributed by atoms with van der Waals surface area (Å²) >= 11 is 0. The topological polar surface area (TPSA) is 123 Å². The van der Waals surface area contributed by atoms with Gasteiger partial charge in [0, 0.05) is 13.0 Å². The molecule has 1 aliphatic rings. The van der Waals surface area contributed by atoms with E-state index >= 15 is 0 Å². The zero-order chi connectivity index (χ0) is 23.1. The van der Waals surface area contributed by atoms with Crippen molar-refractivity contribution in [2.75, 3.05) is 13.7 Å². The number of nitrogens with one attached hydrogen (secondary N) is 2. The highest BCUT2D eigenvalue weighted by Gasteiger charge is 2.50. The van der Waals surface area contributed by atoms with Gasteiger partial charge >= 0.3 is 0 Å². The number of carbonyl (C=O) groups is 3. The van der Waals surface area contributed by atoms with Gasteiger partial charge in [0.1, 0.15) is 17.4 Å². The molecule has 2 aromatic carbocycles. The Labute approximate surface area is 187 Å². The van der Waals surface area contributed by atoms with Crippen LogP contribution in [0.25, 0.3) is 0 Å². The Bertz CT molecular complexity index is 939. The molecule has 0 bridgehead atoms. The Morgan fingerprint density at radius 1 is 1.06 bits per heavy atom. The Balaban J connectivity index is 1.74. The van der Waals surface area contributed by atoms with Gasteiger partial charge in [-0.05, 0) is 42.2 Å². The number of methoxy groups -OCH3 is 1. The van der Waals surface area contributed by atoms with E-state index in [-0.39, 0.29) is 12.2 Å². The van der Waals surface area contributed by atoms with Gasteiger partial charge in [-0.1, -0.05) is 36.4 Å². The normalized spacial score (nSPS) is 18.8. The molecular weight excluding hydrogens is 410 g/mol. The first kappa shape index (κ1) is 23.4. The van der Waals surface area contributed by atoms with Gasteiger partial charge in [0.05, 0.1) is 19.8 Å². The number of carbonyl (C=O) groups excluding carboxylic acids is 3. The van der Waals surface area contributed by atoms with E-state index in [1.807, 2.05) is 36.4 Å². The molecule has 3 rings (SSSR count). The summed E-state index contributed by atoms with van der Waals surface area (Å²) in [6.45, 7) is 2.46. The van der Waals surface area contributed by atoms with Crippen LogP contribution in [0, 0.1) is 0 Å². The van der Waals surface area contributed by atoms with E-state index in [4.69, 9.17) is 15.2 Å². The number of benzene rings is 2. The molecule has 4 N–H and O–H groups in total. The third-order valence-corrected chi connectivity index (χ3v) is 5.61. The van der Waals surface area contributed by atoms with Gasteiger partial charge in [0.2, 0.25) is 12.3 Å². The maximum Gasteiger partial charge on any atom is 0.243 e. The molecule has 3 unspecified atom stereocenters. The molecule has 0 saturated carbocycles. The van der Waals surface area contributed by atoms with E-state index in [9.17, 15) is 14.4 Å². The van der Waals surface area contributed by atoms with Crippen molar-refractivity contribution in [3.8, 4) is 5.75 Å². The predicted molar refractivity (Wildman–Crippen MR) is 119 cm³/mol. The van der Waals surface area contributed by atoms with Crippen LogP contribution in [0.5, 0.6) is 5.75 Å². The summed E-state index contributed by atoms with van der Waals surface area (Å²) in [5.74, 6) is 0.0687. The minimum absolute atomic E-state index is 0.192. The van der Waals surface area contributed by atoms with Crippen LogP contribution in [-0.2, 0) is 38.5 Å². The molecule has 0 aliphatic carbocycles. The maximum atomic E-state index is 13.0. The lowest BCUT2D eigenvalue weighted by molar-refractivity contribution is -0.131. The minimum atomic E-state index is -0.890. The van der Waals surface area contributed by atoms with E-state index in [1.165, 1.54) is 0 Å². The molecule has 0 spiro atoms. The van der Waals surface area contributed by atoms with Gasteiger partial charge in [-0.2, -0.15) is 0 Å². The van der Waals surface area contributed by atoms with Gasteiger partial charge < -0.3 is 25.8 Å². The molecule has 3 atom stereocenters. The van der Waals surface area contributed by atoms with Crippen LogP contribution in [0.4, 0.5) is 0 Å². The number of amides is 2. The molecule has 170 valence electrons. The van der Waals surface area contributed by atoms with Crippen molar-refractivity contribution < 1.29 is 23.9 Å². The first-order valence-corrected chi connectivity index (χ1v) is 10.5. The number of rotatable bonds is 12. The van der Waals surface area contributed by atoms with E-state index in [0.29, 0.717) is 31.7 Å². The van der Waals surface area contributed by atoms with Gasteiger partial charge in [-0.25, -0.2) is 0 Å². The molecule has 1 fully saturated rings. The Morgan fingerprint density at radius 2 is 1.59 bits per heavy atom. The maximum absolute atomic E-state index is 13.0. The highest BCUT2D eigenvalue weighted by molar-refractivity contribution is 5.97. The number of Topliss-reactive ketones (excluding diaryl/α,β-unsaturated/α-hetero) is 1. The van der Waals surface area contributed by atoms with Gasteiger partial charge in [0.15, 0.2) is 5.78 Å². The molecular formula is C24H29N3O5. The van der Waals surface area contributed by atoms with Crippen molar-refractivity contribution in [3.05, 3.63) is 65.2 Å². The fourth-order valence-corrected chi connectivity index (χ4v) is 3.45. The molecule has 2 aromatic rings. The molecule has 1 aliphatic heterocycles. The van der Waals surface area contributed by atoms with Crippen LogP contribution < -0.4 is 21.1 Å². The molecule has 0 radical (unpaired) electrons. The van der Waals surface area contributed by atoms with Crippen molar-refractivity contribution in [2.45, 2.75) is 44.0 Å². The number of ketones is 1. The summed E-state index contributed by atoms with van der Waals surface area (Å²) in [6, 6.07) is 13.2. The van der Waals surface area contributed by atoms with Crippen molar-refractivity contribution in [1.82, 2.24) is 10.6 Å². The summed E-state index contributed by atoms with van der Waals surface area (Å²) < 4.78 is 10.5. The van der Waals surface area contributed by atoms with Gasteiger partial charge in [-0.3, -0.25) is 14.4 Å². The third-order valence-electron chi connectivity index (χ3n) is 5.61. The van der Waals surface area contributed by atoms with Crippen molar-refractivity contribution in [3.63, 3.8) is 0 Å². The quantitative estimate of drug-likeness (QED) is 0.334. The lowest BCUT2D eigenvalue weighted by Gasteiger charge is -2.23. The van der Waals surface area contributed by atoms with Crippen LogP contribution >= 0.6 is 0 Å². The number of nitrogens with two attached hydrogens (primary N) is 1. The molecule has 32 heavy (non-hydrogen) atoms. The average molecular weight is 440 g/mol.